The van der Waals surface area contributed by atoms with Crippen molar-refractivity contribution in [2.75, 3.05) is 19.7 Å². The van der Waals surface area contributed by atoms with Gasteiger partial charge in [0.25, 0.3) is 5.91 Å². The van der Waals surface area contributed by atoms with Crippen LogP contribution < -0.4 is 0 Å². The first kappa shape index (κ1) is 13.5. The smallest absolute Gasteiger partial charge is 0.255 e. The molecule has 1 N–H and O–H groups in total. The van der Waals surface area contributed by atoms with Gasteiger partial charge in [0.2, 0.25) is 0 Å². The summed E-state index contributed by atoms with van der Waals surface area (Å²) in [4.78, 5) is 14.0. The highest BCUT2D eigenvalue weighted by molar-refractivity contribution is 9.10. The average Bonchev–Trinajstić information content (AvgIpc) is 2.81. The molecule has 1 fully saturated rings. The predicted octanol–water partition coefficient (Wildman–Crippen LogP) is 2.43. The van der Waals surface area contributed by atoms with Gasteiger partial charge in [-0.15, -0.1) is 0 Å². The van der Waals surface area contributed by atoms with Crippen LogP contribution in [0.25, 0.3) is 0 Å². The van der Waals surface area contributed by atoms with E-state index >= 15 is 0 Å². The third-order valence-corrected chi connectivity index (χ3v) is 4.10. The minimum Gasteiger partial charge on any atom is -0.396 e. The Hall–Kier alpha value is -0.940. The topological polar surface area (TPSA) is 40.5 Å². The third-order valence-electron chi connectivity index (χ3n) is 3.29. The SMILES string of the molecule is O=C(c1cccc(F)c1Br)N1CCC(CCO)C1. The van der Waals surface area contributed by atoms with Crippen LogP contribution in [0.1, 0.15) is 23.2 Å². The molecule has 1 aliphatic rings. The van der Waals surface area contributed by atoms with Crippen molar-refractivity contribution in [2.24, 2.45) is 5.92 Å². The van der Waals surface area contributed by atoms with Crippen LogP contribution in [0.15, 0.2) is 22.7 Å². The molecule has 1 saturated heterocycles. The van der Waals surface area contributed by atoms with E-state index < -0.39 is 5.82 Å². The summed E-state index contributed by atoms with van der Waals surface area (Å²) in [7, 11) is 0. The van der Waals surface area contributed by atoms with E-state index in [0.717, 1.165) is 6.42 Å². The number of carbonyl (C=O) groups is 1. The number of aliphatic hydroxyl groups excluding tert-OH is 1. The Bertz CT molecular complexity index is 453. The molecule has 1 aromatic rings. The molecule has 1 aromatic carbocycles. The lowest BCUT2D eigenvalue weighted by molar-refractivity contribution is 0.0783. The summed E-state index contributed by atoms with van der Waals surface area (Å²) in [6, 6.07) is 4.48. The molecule has 1 atom stereocenters. The highest BCUT2D eigenvalue weighted by atomic mass is 79.9. The van der Waals surface area contributed by atoms with Crippen molar-refractivity contribution >= 4 is 21.8 Å². The second-order valence-electron chi connectivity index (χ2n) is 4.52. The molecule has 0 saturated carbocycles. The van der Waals surface area contributed by atoms with Gasteiger partial charge in [0, 0.05) is 19.7 Å². The summed E-state index contributed by atoms with van der Waals surface area (Å²) < 4.78 is 13.6. The van der Waals surface area contributed by atoms with Gasteiger partial charge in [0.1, 0.15) is 5.82 Å². The van der Waals surface area contributed by atoms with Crippen molar-refractivity contribution in [1.29, 1.82) is 0 Å². The molecule has 0 radical (unpaired) electrons. The summed E-state index contributed by atoms with van der Waals surface area (Å²) in [6.07, 6.45) is 1.62. The van der Waals surface area contributed by atoms with E-state index in [2.05, 4.69) is 15.9 Å². The summed E-state index contributed by atoms with van der Waals surface area (Å²) in [5.74, 6) is -0.222. The largest absolute Gasteiger partial charge is 0.396 e. The van der Waals surface area contributed by atoms with Crippen molar-refractivity contribution < 1.29 is 14.3 Å². The maximum absolute atomic E-state index is 13.4. The zero-order valence-corrected chi connectivity index (χ0v) is 11.5. The average molecular weight is 316 g/mol. The number of likely N-dealkylation sites (tertiary alicyclic amines) is 1. The van der Waals surface area contributed by atoms with Gasteiger partial charge >= 0.3 is 0 Å². The zero-order valence-electron chi connectivity index (χ0n) is 9.90. The van der Waals surface area contributed by atoms with Crippen molar-refractivity contribution in [3.8, 4) is 0 Å². The van der Waals surface area contributed by atoms with Crippen LogP contribution in [-0.2, 0) is 0 Å². The molecule has 1 unspecified atom stereocenters. The molecule has 0 aliphatic carbocycles. The Morgan fingerprint density at radius 3 is 3.06 bits per heavy atom. The third kappa shape index (κ3) is 2.72. The highest BCUT2D eigenvalue weighted by Gasteiger charge is 2.27. The van der Waals surface area contributed by atoms with Crippen LogP contribution in [0.5, 0.6) is 0 Å². The maximum Gasteiger partial charge on any atom is 0.255 e. The lowest BCUT2D eigenvalue weighted by Crippen LogP contribution is -2.29. The number of halogens is 2. The van der Waals surface area contributed by atoms with Crippen LogP contribution in [0.3, 0.4) is 0 Å². The van der Waals surface area contributed by atoms with Gasteiger partial charge < -0.3 is 10.0 Å². The van der Waals surface area contributed by atoms with Crippen molar-refractivity contribution in [3.63, 3.8) is 0 Å². The fourth-order valence-electron chi connectivity index (χ4n) is 2.27. The standard InChI is InChI=1S/C13H15BrFNO2/c14-12-10(2-1-3-11(12)15)13(18)16-6-4-9(8-16)5-7-17/h1-3,9,17H,4-8H2. The lowest BCUT2D eigenvalue weighted by atomic mass is 10.1. The fourth-order valence-corrected chi connectivity index (χ4v) is 2.71. The van der Waals surface area contributed by atoms with Crippen LogP contribution in [0, 0.1) is 11.7 Å². The number of hydrogen-bond donors (Lipinski definition) is 1. The fraction of sp³-hybridized carbons (Fsp3) is 0.462. The number of hydrogen-bond acceptors (Lipinski definition) is 2. The first-order valence-corrected chi connectivity index (χ1v) is 6.77. The summed E-state index contributed by atoms with van der Waals surface area (Å²) in [6.45, 7) is 1.46. The van der Waals surface area contributed by atoms with Gasteiger partial charge in [-0.25, -0.2) is 4.39 Å². The first-order chi connectivity index (χ1) is 8.63. The minimum atomic E-state index is -0.424. The first-order valence-electron chi connectivity index (χ1n) is 5.97. The molecule has 0 spiro atoms. The quantitative estimate of drug-likeness (QED) is 0.930. The molecule has 2 rings (SSSR count). The Kier molecular flexibility index (Phi) is 4.35. The number of aliphatic hydroxyl groups is 1. The van der Waals surface area contributed by atoms with E-state index in [1.807, 2.05) is 0 Å². The Balaban J connectivity index is 2.11. The molecule has 1 amide bonds. The predicted molar refractivity (Wildman–Crippen MR) is 69.8 cm³/mol. The lowest BCUT2D eigenvalue weighted by Gasteiger charge is -2.17. The van der Waals surface area contributed by atoms with Crippen molar-refractivity contribution in [1.82, 2.24) is 4.90 Å². The van der Waals surface area contributed by atoms with E-state index in [1.54, 1.807) is 11.0 Å². The molecule has 0 bridgehead atoms. The second kappa shape index (κ2) is 5.80. The molecule has 3 nitrogen and oxygen atoms in total. The molecule has 0 aromatic heterocycles. The molecule has 1 heterocycles. The van der Waals surface area contributed by atoms with Gasteiger partial charge in [0.15, 0.2) is 0 Å². The highest BCUT2D eigenvalue weighted by Crippen LogP contribution is 2.25. The van der Waals surface area contributed by atoms with Gasteiger partial charge in [-0.1, -0.05) is 6.07 Å². The van der Waals surface area contributed by atoms with Crippen molar-refractivity contribution in [3.05, 3.63) is 34.1 Å². The molecule has 98 valence electrons. The van der Waals surface area contributed by atoms with Crippen LogP contribution >= 0.6 is 15.9 Å². The molecule has 1 aliphatic heterocycles. The molecule has 5 heteroatoms. The second-order valence-corrected chi connectivity index (χ2v) is 5.31. The van der Waals surface area contributed by atoms with E-state index in [-0.39, 0.29) is 17.0 Å². The summed E-state index contributed by atoms with van der Waals surface area (Å²) >= 11 is 3.11. The molecule has 18 heavy (non-hydrogen) atoms. The Morgan fingerprint density at radius 1 is 1.56 bits per heavy atom. The molecular formula is C13H15BrFNO2. The van der Waals surface area contributed by atoms with Crippen molar-refractivity contribution in [2.45, 2.75) is 12.8 Å². The van der Waals surface area contributed by atoms with Gasteiger partial charge in [-0.2, -0.15) is 0 Å². The van der Waals surface area contributed by atoms with E-state index in [0.29, 0.717) is 31.0 Å². The van der Waals surface area contributed by atoms with Crippen LogP contribution in [0.4, 0.5) is 4.39 Å². The number of nitrogens with zero attached hydrogens (tertiary/aromatic N) is 1. The Morgan fingerprint density at radius 2 is 2.33 bits per heavy atom. The maximum atomic E-state index is 13.4. The normalized spacial score (nSPS) is 19.3. The zero-order chi connectivity index (χ0) is 13.1. The van der Waals surface area contributed by atoms with E-state index in [9.17, 15) is 9.18 Å². The number of rotatable bonds is 3. The van der Waals surface area contributed by atoms with E-state index in [1.165, 1.54) is 12.1 Å². The minimum absolute atomic E-state index is 0.149. The monoisotopic (exact) mass is 315 g/mol. The number of benzene rings is 1. The van der Waals surface area contributed by atoms with Gasteiger partial charge in [-0.05, 0) is 46.8 Å². The number of carbonyl (C=O) groups excluding carboxylic acids is 1. The number of amides is 1. The molecular weight excluding hydrogens is 301 g/mol. The van der Waals surface area contributed by atoms with E-state index in [4.69, 9.17) is 5.11 Å². The van der Waals surface area contributed by atoms with Crippen LogP contribution in [0.2, 0.25) is 0 Å². The van der Waals surface area contributed by atoms with Crippen LogP contribution in [-0.4, -0.2) is 35.6 Å². The van der Waals surface area contributed by atoms with Gasteiger partial charge in [-0.3, -0.25) is 4.79 Å². The Labute approximate surface area is 114 Å². The summed E-state index contributed by atoms with van der Waals surface area (Å²) in [5.41, 5.74) is 0.361. The summed E-state index contributed by atoms with van der Waals surface area (Å²) in [5, 5.41) is 8.89. The van der Waals surface area contributed by atoms with Gasteiger partial charge in [0.05, 0.1) is 10.0 Å².